The van der Waals surface area contributed by atoms with E-state index in [9.17, 15) is 4.79 Å². The number of nitrogens with one attached hydrogen (secondary N) is 1. The van der Waals surface area contributed by atoms with Crippen LogP contribution in [-0.4, -0.2) is 30.9 Å². The van der Waals surface area contributed by atoms with E-state index in [0.717, 1.165) is 13.0 Å². The van der Waals surface area contributed by atoms with Gasteiger partial charge in [-0.3, -0.25) is 9.69 Å². The van der Waals surface area contributed by atoms with Gasteiger partial charge in [0.05, 0.1) is 6.54 Å². The van der Waals surface area contributed by atoms with Crippen LogP contribution in [0, 0.1) is 6.92 Å². The molecular formula is C17H22N2OS. The Morgan fingerprint density at radius 1 is 1.24 bits per heavy atom. The first-order valence-corrected chi connectivity index (χ1v) is 8.05. The normalized spacial score (nSPS) is 10.8. The van der Waals surface area contributed by atoms with E-state index in [4.69, 9.17) is 0 Å². The van der Waals surface area contributed by atoms with E-state index in [1.165, 1.54) is 16.0 Å². The van der Waals surface area contributed by atoms with Gasteiger partial charge < -0.3 is 5.32 Å². The Morgan fingerprint density at radius 3 is 2.76 bits per heavy atom. The SMILES string of the molecule is Cc1ccccc1CCNC(=O)CN(C)Cc1cccs1. The summed E-state index contributed by atoms with van der Waals surface area (Å²) in [4.78, 5) is 15.2. The number of hydrogen-bond donors (Lipinski definition) is 1. The Balaban J connectivity index is 1.69. The highest BCUT2D eigenvalue weighted by atomic mass is 32.1. The van der Waals surface area contributed by atoms with Gasteiger partial charge in [-0.15, -0.1) is 11.3 Å². The zero-order valence-corrected chi connectivity index (χ0v) is 13.5. The minimum atomic E-state index is 0.0858. The lowest BCUT2D eigenvalue weighted by molar-refractivity contribution is -0.122. The van der Waals surface area contributed by atoms with Gasteiger partial charge in [-0.1, -0.05) is 30.3 Å². The maximum atomic E-state index is 11.9. The number of carbonyl (C=O) groups is 1. The molecule has 2 aromatic rings. The molecule has 1 heterocycles. The van der Waals surface area contributed by atoms with Gasteiger partial charge in [0, 0.05) is 18.0 Å². The summed E-state index contributed by atoms with van der Waals surface area (Å²) < 4.78 is 0. The number of nitrogens with zero attached hydrogens (tertiary/aromatic N) is 1. The number of rotatable bonds is 7. The monoisotopic (exact) mass is 302 g/mol. The predicted molar refractivity (Wildman–Crippen MR) is 88.5 cm³/mol. The van der Waals surface area contributed by atoms with Gasteiger partial charge >= 0.3 is 0 Å². The van der Waals surface area contributed by atoms with Crippen molar-refractivity contribution in [3.05, 3.63) is 57.8 Å². The number of likely N-dealkylation sites (N-methyl/N-ethyl adjacent to an activating group) is 1. The number of thiophene rings is 1. The average molecular weight is 302 g/mol. The largest absolute Gasteiger partial charge is 0.355 e. The number of benzene rings is 1. The first kappa shape index (κ1) is 15.7. The third-order valence-corrected chi connectivity index (χ3v) is 4.26. The molecule has 0 radical (unpaired) electrons. The van der Waals surface area contributed by atoms with Crippen molar-refractivity contribution in [3.8, 4) is 0 Å². The third-order valence-electron chi connectivity index (χ3n) is 3.40. The highest BCUT2D eigenvalue weighted by molar-refractivity contribution is 7.09. The Kier molecular flexibility index (Phi) is 5.96. The van der Waals surface area contributed by atoms with Gasteiger partial charge in [-0.2, -0.15) is 0 Å². The summed E-state index contributed by atoms with van der Waals surface area (Å²) in [5.74, 6) is 0.0858. The smallest absolute Gasteiger partial charge is 0.234 e. The molecule has 0 fully saturated rings. The van der Waals surface area contributed by atoms with Crippen molar-refractivity contribution in [1.82, 2.24) is 10.2 Å². The minimum Gasteiger partial charge on any atom is -0.355 e. The summed E-state index contributed by atoms with van der Waals surface area (Å²) in [6.07, 6.45) is 0.882. The molecule has 4 heteroatoms. The Labute approximate surface area is 130 Å². The second kappa shape index (κ2) is 7.96. The molecule has 1 aromatic heterocycles. The summed E-state index contributed by atoms with van der Waals surface area (Å²) in [5.41, 5.74) is 2.58. The van der Waals surface area contributed by atoms with Crippen molar-refractivity contribution in [2.24, 2.45) is 0 Å². The minimum absolute atomic E-state index is 0.0858. The van der Waals surface area contributed by atoms with Crippen LogP contribution in [0.15, 0.2) is 41.8 Å². The fraction of sp³-hybridized carbons (Fsp3) is 0.353. The van der Waals surface area contributed by atoms with Gasteiger partial charge in [-0.25, -0.2) is 0 Å². The van der Waals surface area contributed by atoms with Crippen LogP contribution in [-0.2, 0) is 17.8 Å². The van der Waals surface area contributed by atoms with Gasteiger partial charge in [0.25, 0.3) is 0 Å². The average Bonchev–Trinajstić information content (AvgIpc) is 2.93. The molecule has 2 rings (SSSR count). The van der Waals surface area contributed by atoms with Crippen LogP contribution in [0.1, 0.15) is 16.0 Å². The number of hydrogen-bond acceptors (Lipinski definition) is 3. The molecule has 0 atom stereocenters. The quantitative estimate of drug-likeness (QED) is 0.853. The summed E-state index contributed by atoms with van der Waals surface area (Å²) in [6.45, 7) is 4.05. The zero-order valence-electron chi connectivity index (χ0n) is 12.6. The Morgan fingerprint density at radius 2 is 2.05 bits per heavy atom. The van der Waals surface area contributed by atoms with E-state index in [-0.39, 0.29) is 5.91 Å². The molecule has 0 spiro atoms. The molecule has 0 aliphatic rings. The molecule has 21 heavy (non-hydrogen) atoms. The summed E-state index contributed by atoms with van der Waals surface area (Å²) >= 11 is 1.72. The van der Waals surface area contributed by atoms with Crippen molar-refractivity contribution in [2.45, 2.75) is 19.9 Å². The highest BCUT2D eigenvalue weighted by Crippen LogP contribution is 2.10. The van der Waals surface area contributed by atoms with Crippen LogP contribution < -0.4 is 5.32 Å². The predicted octanol–water partition coefficient (Wildman–Crippen LogP) is 2.85. The third kappa shape index (κ3) is 5.33. The van der Waals surface area contributed by atoms with E-state index in [1.807, 2.05) is 30.1 Å². The molecule has 0 aliphatic carbocycles. The molecule has 0 bridgehead atoms. The van der Waals surface area contributed by atoms with E-state index in [2.05, 4.69) is 35.8 Å². The number of carbonyl (C=O) groups excluding carboxylic acids is 1. The molecule has 0 aliphatic heterocycles. The van der Waals surface area contributed by atoms with Crippen molar-refractivity contribution >= 4 is 17.2 Å². The van der Waals surface area contributed by atoms with Crippen molar-refractivity contribution in [3.63, 3.8) is 0 Å². The van der Waals surface area contributed by atoms with Crippen LogP contribution in [0.3, 0.4) is 0 Å². The maximum Gasteiger partial charge on any atom is 0.234 e. The van der Waals surface area contributed by atoms with Crippen LogP contribution in [0.2, 0.25) is 0 Å². The molecule has 1 aromatic carbocycles. The number of aryl methyl sites for hydroxylation is 1. The molecule has 1 N–H and O–H groups in total. The zero-order chi connectivity index (χ0) is 15.1. The molecule has 0 saturated carbocycles. The van der Waals surface area contributed by atoms with Crippen molar-refractivity contribution in [2.75, 3.05) is 20.1 Å². The number of amides is 1. The van der Waals surface area contributed by atoms with E-state index in [0.29, 0.717) is 13.1 Å². The molecule has 3 nitrogen and oxygen atoms in total. The van der Waals surface area contributed by atoms with E-state index < -0.39 is 0 Å². The standard InChI is InChI=1S/C17H22N2OS/c1-14-6-3-4-7-15(14)9-10-18-17(20)13-19(2)12-16-8-5-11-21-16/h3-8,11H,9-10,12-13H2,1-2H3,(H,18,20). The van der Waals surface area contributed by atoms with Crippen LogP contribution in [0.5, 0.6) is 0 Å². The van der Waals surface area contributed by atoms with Crippen LogP contribution in [0.25, 0.3) is 0 Å². The van der Waals surface area contributed by atoms with Gasteiger partial charge in [0.2, 0.25) is 5.91 Å². The molecular weight excluding hydrogens is 280 g/mol. The second-order valence-electron chi connectivity index (χ2n) is 5.28. The fourth-order valence-corrected chi connectivity index (χ4v) is 3.04. The summed E-state index contributed by atoms with van der Waals surface area (Å²) in [7, 11) is 1.97. The first-order chi connectivity index (χ1) is 10.1. The van der Waals surface area contributed by atoms with Gasteiger partial charge in [-0.05, 0) is 43.0 Å². The molecule has 1 amide bonds. The van der Waals surface area contributed by atoms with Gasteiger partial charge in [0.1, 0.15) is 0 Å². The van der Waals surface area contributed by atoms with Gasteiger partial charge in [0.15, 0.2) is 0 Å². The second-order valence-corrected chi connectivity index (χ2v) is 6.31. The van der Waals surface area contributed by atoms with Crippen LogP contribution >= 0.6 is 11.3 Å². The van der Waals surface area contributed by atoms with E-state index in [1.54, 1.807) is 11.3 Å². The summed E-state index contributed by atoms with van der Waals surface area (Å²) in [6, 6.07) is 12.4. The Bertz CT molecular complexity index is 566. The Hall–Kier alpha value is -1.65. The molecule has 0 saturated heterocycles. The van der Waals surface area contributed by atoms with Crippen molar-refractivity contribution < 1.29 is 4.79 Å². The maximum absolute atomic E-state index is 11.9. The van der Waals surface area contributed by atoms with Crippen LogP contribution in [0.4, 0.5) is 0 Å². The highest BCUT2D eigenvalue weighted by Gasteiger charge is 2.07. The topological polar surface area (TPSA) is 32.3 Å². The molecule has 112 valence electrons. The van der Waals surface area contributed by atoms with Crippen molar-refractivity contribution in [1.29, 1.82) is 0 Å². The lowest BCUT2D eigenvalue weighted by atomic mass is 10.1. The first-order valence-electron chi connectivity index (χ1n) is 7.17. The lowest BCUT2D eigenvalue weighted by Crippen LogP contribution is -2.35. The van der Waals surface area contributed by atoms with E-state index >= 15 is 0 Å². The fourth-order valence-electron chi connectivity index (χ4n) is 2.25. The molecule has 0 unspecified atom stereocenters. The lowest BCUT2D eigenvalue weighted by Gasteiger charge is -2.15. The summed E-state index contributed by atoms with van der Waals surface area (Å²) in [5, 5.41) is 5.05.